The van der Waals surface area contributed by atoms with Crippen molar-refractivity contribution in [1.29, 1.82) is 0 Å². The molecule has 2 nitrogen and oxygen atoms in total. The molecule has 0 unspecified atom stereocenters. The van der Waals surface area contributed by atoms with Crippen molar-refractivity contribution < 1.29 is 4.74 Å². The van der Waals surface area contributed by atoms with Crippen LogP contribution in [-0.2, 0) is 4.74 Å². The van der Waals surface area contributed by atoms with Crippen molar-refractivity contribution in [2.75, 3.05) is 26.3 Å². The van der Waals surface area contributed by atoms with E-state index in [0.29, 0.717) is 0 Å². The van der Waals surface area contributed by atoms with Gasteiger partial charge in [0.05, 0.1) is 13.2 Å². The molecular weight excluding hydrogens is 126 g/mol. The van der Waals surface area contributed by atoms with Crippen LogP contribution in [0.5, 0.6) is 0 Å². The van der Waals surface area contributed by atoms with Gasteiger partial charge in [0.1, 0.15) is 0 Å². The van der Waals surface area contributed by atoms with Gasteiger partial charge in [-0.3, -0.25) is 0 Å². The van der Waals surface area contributed by atoms with Crippen LogP contribution in [0, 0.1) is 23.7 Å². The van der Waals surface area contributed by atoms with Crippen molar-refractivity contribution in [3.8, 4) is 0 Å². The third kappa shape index (κ3) is 0.487. The summed E-state index contributed by atoms with van der Waals surface area (Å²) in [6, 6.07) is 0. The second kappa shape index (κ2) is 1.74. The Hall–Kier alpha value is -0.0800. The molecule has 4 atom stereocenters. The zero-order valence-corrected chi connectivity index (χ0v) is 6.05. The average Bonchev–Trinajstić information content (AvgIpc) is 2.42. The molecule has 0 aromatic rings. The lowest BCUT2D eigenvalue weighted by molar-refractivity contribution is 0.0629. The van der Waals surface area contributed by atoms with Crippen molar-refractivity contribution in [1.82, 2.24) is 5.32 Å². The molecule has 1 saturated carbocycles. The minimum atomic E-state index is 0.931. The number of ether oxygens (including phenoxy) is 1. The fraction of sp³-hybridized carbons (Fsp3) is 1.00. The van der Waals surface area contributed by atoms with Gasteiger partial charge in [0.15, 0.2) is 0 Å². The molecular formula is C8H13NO. The second-order valence-corrected chi connectivity index (χ2v) is 3.85. The fourth-order valence-electron chi connectivity index (χ4n) is 2.98. The summed E-state index contributed by atoms with van der Waals surface area (Å²) in [4.78, 5) is 0. The molecule has 0 aromatic heterocycles. The maximum Gasteiger partial charge on any atom is 0.0501 e. The van der Waals surface area contributed by atoms with Crippen LogP contribution < -0.4 is 5.32 Å². The van der Waals surface area contributed by atoms with E-state index >= 15 is 0 Å². The molecule has 2 aliphatic heterocycles. The molecule has 0 aromatic carbocycles. The highest BCUT2D eigenvalue weighted by Gasteiger charge is 2.54. The summed E-state index contributed by atoms with van der Waals surface area (Å²) < 4.78 is 5.44. The normalized spacial score (nSPS) is 57.6. The first-order valence-electron chi connectivity index (χ1n) is 4.25. The predicted molar refractivity (Wildman–Crippen MR) is 37.6 cm³/mol. The second-order valence-electron chi connectivity index (χ2n) is 3.85. The van der Waals surface area contributed by atoms with Crippen molar-refractivity contribution in [3.63, 3.8) is 0 Å². The molecule has 2 heteroatoms. The summed E-state index contributed by atoms with van der Waals surface area (Å²) in [5.41, 5.74) is 0. The first-order valence-corrected chi connectivity index (χ1v) is 4.25. The smallest absolute Gasteiger partial charge is 0.0501 e. The summed E-state index contributed by atoms with van der Waals surface area (Å²) in [5.74, 6) is 3.82. The molecule has 1 aliphatic carbocycles. The zero-order chi connectivity index (χ0) is 6.55. The molecule has 2 heterocycles. The molecule has 0 spiro atoms. The van der Waals surface area contributed by atoms with Gasteiger partial charge in [0.25, 0.3) is 0 Å². The molecule has 0 amide bonds. The topological polar surface area (TPSA) is 21.3 Å². The highest BCUT2D eigenvalue weighted by Crippen LogP contribution is 2.51. The van der Waals surface area contributed by atoms with Gasteiger partial charge >= 0.3 is 0 Å². The van der Waals surface area contributed by atoms with E-state index in [0.717, 1.165) is 36.9 Å². The van der Waals surface area contributed by atoms with E-state index in [1.54, 1.807) is 0 Å². The van der Waals surface area contributed by atoms with Crippen LogP contribution in [0.2, 0.25) is 0 Å². The maximum atomic E-state index is 5.44. The largest absolute Gasteiger partial charge is 0.381 e. The Morgan fingerprint density at radius 3 is 2.10 bits per heavy atom. The van der Waals surface area contributed by atoms with Gasteiger partial charge in [-0.2, -0.15) is 0 Å². The van der Waals surface area contributed by atoms with Gasteiger partial charge in [-0.05, 0) is 36.8 Å². The van der Waals surface area contributed by atoms with Crippen LogP contribution in [0.4, 0.5) is 0 Å². The van der Waals surface area contributed by atoms with Crippen molar-refractivity contribution in [2.45, 2.75) is 0 Å². The minimum Gasteiger partial charge on any atom is -0.381 e. The van der Waals surface area contributed by atoms with Gasteiger partial charge in [-0.25, -0.2) is 0 Å². The highest BCUT2D eigenvalue weighted by atomic mass is 16.5. The van der Waals surface area contributed by atoms with Crippen LogP contribution >= 0.6 is 0 Å². The Kier molecular flexibility index (Phi) is 0.968. The Morgan fingerprint density at radius 2 is 1.50 bits per heavy atom. The monoisotopic (exact) mass is 139 g/mol. The Labute approximate surface area is 60.9 Å². The van der Waals surface area contributed by atoms with E-state index in [1.807, 2.05) is 0 Å². The van der Waals surface area contributed by atoms with E-state index in [2.05, 4.69) is 5.32 Å². The van der Waals surface area contributed by atoms with Crippen molar-refractivity contribution in [3.05, 3.63) is 0 Å². The predicted octanol–water partition coefficient (Wildman–Crippen LogP) is 0.0982. The van der Waals surface area contributed by atoms with Gasteiger partial charge in [0.2, 0.25) is 0 Å². The number of fused-ring (bicyclic) bond motifs is 4. The molecule has 56 valence electrons. The van der Waals surface area contributed by atoms with Crippen molar-refractivity contribution in [2.24, 2.45) is 23.7 Å². The molecule has 0 radical (unpaired) electrons. The van der Waals surface area contributed by atoms with E-state index < -0.39 is 0 Å². The van der Waals surface area contributed by atoms with Crippen LogP contribution in [0.3, 0.4) is 0 Å². The number of hydrogen-bond acceptors (Lipinski definition) is 2. The number of hydrogen-bond donors (Lipinski definition) is 1. The van der Waals surface area contributed by atoms with Crippen LogP contribution in [0.15, 0.2) is 0 Å². The Balaban J connectivity index is 1.84. The van der Waals surface area contributed by atoms with Crippen molar-refractivity contribution >= 4 is 0 Å². The summed E-state index contributed by atoms with van der Waals surface area (Å²) in [5, 5.41) is 3.46. The summed E-state index contributed by atoms with van der Waals surface area (Å²) >= 11 is 0. The highest BCUT2D eigenvalue weighted by molar-refractivity contribution is 5.04. The van der Waals surface area contributed by atoms with E-state index in [1.165, 1.54) is 13.1 Å². The fourth-order valence-corrected chi connectivity index (χ4v) is 2.98. The van der Waals surface area contributed by atoms with Gasteiger partial charge in [-0.15, -0.1) is 0 Å². The van der Waals surface area contributed by atoms with Crippen LogP contribution in [0.1, 0.15) is 0 Å². The summed E-state index contributed by atoms with van der Waals surface area (Å²) in [7, 11) is 0. The molecule has 10 heavy (non-hydrogen) atoms. The Bertz CT molecular complexity index is 117. The number of rotatable bonds is 0. The Morgan fingerprint density at radius 1 is 0.900 bits per heavy atom. The first kappa shape index (κ1) is 5.56. The van der Waals surface area contributed by atoms with Gasteiger partial charge in [0, 0.05) is 0 Å². The third-order valence-corrected chi connectivity index (χ3v) is 3.58. The molecule has 1 N–H and O–H groups in total. The summed E-state index contributed by atoms with van der Waals surface area (Å²) in [6.45, 7) is 4.62. The average molecular weight is 139 g/mol. The molecule has 0 bridgehead atoms. The zero-order valence-electron chi connectivity index (χ0n) is 6.05. The third-order valence-electron chi connectivity index (χ3n) is 3.58. The van der Waals surface area contributed by atoms with Gasteiger partial charge in [-0.1, -0.05) is 0 Å². The quantitative estimate of drug-likeness (QED) is 0.514. The molecule has 3 fully saturated rings. The lowest BCUT2D eigenvalue weighted by atomic mass is 9.60. The van der Waals surface area contributed by atoms with Gasteiger partial charge < -0.3 is 10.1 Å². The lowest BCUT2D eigenvalue weighted by Crippen LogP contribution is -2.44. The number of nitrogens with one attached hydrogen (secondary N) is 1. The van der Waals surface area contributed by atoms with Crippen LogP contribution in [0.25, 0.3) is 0 Å². The summed E-state index contributed by atoms with van der Waals surface area (Å²) in [6.07, 6.45) is 0. The first-order chi connectivity index (χ1) is 4.97. The van der Waals surface area contributed by atoms with E-state index in [-0.39, 0.29) is 0 Å². The SMILES string of the molecule is C1NC[C@@H]2[C@@H]1[C@H]1COC[C@H]21. The minimum absolute atomic E-state index is 0.931. The molecule has 3 aliphatic rings. The maximum absolute atomic E-state index is 5.44. The van der Waals surface area contributed by atoms with E-state index in [9.17, 15) is 0 Å². The molecule has 2 saturated heterocycles. The standard InChI is InChI=1S/C8H13NO/c1-5-6(2-9-1)8-4-10-3-7(5)8/h5-9H,1-4H2/t5-,6-,7-,8-/m1/s1. The lowest BCUT2D eigenvalue weighted by Gasteiger charge is -2.42. The van der Waals surface area contributed by atoms with Crippen LogP contribution in [-0.4, -0.2) is 26.3 Å². The molecule has 3 rings (SSSR count). The van der Waals surface area contributed by atoms with E-state index in [4.69, 9.17) is 4.74 Å².